The van der Waals surface area contributed by atoms with Crippen molar-refractivity contribution in [3.63, 3.8) is 0 Å². The average molecular weight is 449 g/mol. The molecule has 29 heavy (non-hydrogen) atoms. The lowest BCUT2D eigenvalue weighted by atomic mass is 10.1. The summed E-state index contributed by atoms with van der Waals surface area (Å²) in [6, 6.07) is 22.0. The van der Waals surface area contributed by atoms with Crippen LogP contribution in [0.4, 0.5) is 5.82 Å². The summed E-state index contributed by atoms with van der Waals surface area (Å²) in [6.45, 7) is 0.440. The number of benzene rings is 3. The molecule has 1 aromatic heterocycles. The van der Waals surface area contributed by atoms with Crippen molar-refractivity contribution in [1.29, 1.82) is 0 Å². The molecule has 0 fully saturated rings. The second-order valence-corrected chi connectivity index (χ2v) is 7.38. The van der Waals surface area contributed by atoms with Gasteiger partial charge in [0.15, 0.2) is 5.82 Å². The summed E-state index contributed by atoms with van der Waals surface area (Å²) in [4.78, 5) is 25.1. The van der Waals surface area contributed by atoms with Crippen LogP contribution >= 0.6 is 15.9 Å². The number of hydrogen-bond acceptors (Lipinski definition) is 3. The van der Waals surface area contributed by atoms with Gasteiger partial charge in [-0.25, -0.2) is 0 Å². The van der Waals surface area contributed by atoms with Crippen molar-refractivity contribution in [3.8, 4) is 0 Å². The lowest BCUT2D eigenvalue weighted by molar-refractivity contribution is 0.0950. The van der Waals surface area contributed by atoms with E-state index in [0.717, 1.165) is 15.6 Å². The zero-order chi connectivity index (χ0) is 20.2. The zero-order valence-corrected chi connectivity index (χ0v) is 16.9. The monoisotopic (exact) mass is 448 g/mol. The van der Waals surface area contributed by atoms with Crippen molar-refractivity contribution >= 4 is 44.5 Å². The Bertz CT molecular complexity index is 1190. The summed E-state index contributed by atoms with van der Waals surface area (Å²) in [5.41, 5.74) is 2.75. The standard InChI is InChI=1S/C22H17BrN4O2/c23-17-8-4-7-15(11-17)22(29)25-20-18-12-16(9-10-19(18)26-27-20)21(28)24-13-14-5-2-1-3-6-14/h1-12H,13H2,(H,24,28)(H2,25,26,27,29). The molecule has 0 aliphatic rings. The minimum atomic E-state index is -0.279. The molecule has 0 aliphatic carbocycles. The van der Waals surface area contributed by atoms with E-state index in [0.29, 0.717) is 28.9 Å². The molecule has 0 radical (unpaired) electrons. The van der Waals surface area contributed by atoms with E-state index in [2.05, 4.69) is 36.8 Å². The van der Waals surface area contributed by atoms with Crippen LogP contribution in [0.2, 0.25) is 0 Å². The normalized spacial score (nSPS) is 10.7. The first-order valence-electron chi connectivity index (χ1n) is 8.97. The van der Waals surface area contributed by atoms with Crippen molar-refractivity contribution in [3.05, 3.63) is 94.0 Å². The highest BCUT2D eigenvalue weighted by molar-refractivity contribution is 9.10. The van der Waals surface area contributed by atoms with Gasteiger partial charge in [0.1, 0.15) is 0 Å². The Morgan fingerprint density at radius 1 is 0.897 bits per heavy atom. The van der Waals surface area contributed by atoms with Gasteiger partial charge in [-0.2, -0.15) is 5.10 Å². The third-order valence-corrected chi connectivity index (χ3v) is 4.93. The molecule has 4 rings (SSSR count). The van der Waals surface area contributed by atoms with Crippen LogP contribution in [0.25, 0.3) is 10.9 Å². The number of carbonyl (C=O) groups excluding carboxylic acids is 2. The van der Waals surface area contributed by atoms with Crippen LogP contribution in [0, 0.1) is 0 Å². The van der Waals surface area contributed by atoms with Crippen molar-refractivity contribution in [1.82, 2.24) is 15.5 Å². The second-order valence-electron chi connectivity index (χ2n) is 6.47. The fourth-order valence-corrected chi connectivity index (χ4v) is 3.34. The van der Waals surface area contributed by atoms with Gasteiger partial charge in [-0.15, -0.1) is 0 Å². The number of aromatic nitrogens is 2. The number of nitrogens with one attached hydrogen (secondary N) is 3. The quantitative estimate of drug-likeness (QED) is 0.419. The van der Waals surface area contributed by atoms with Crippen LogP contribution in [-0.4, -0.2) is 22.0 Å². The highest BCUT2D eigenvalue weighted by atomic mass is 79.9. The maximum absolute atomic E-state index is 12.5. The number of H-pyrrole nitrogens is 1. The molecule has 0 saturated carbocycles. The van der Waals surface area contributed by atoms with E-state index in [4.69, 9.17) is 0 Å². The highest BCUT2D eigenvalue weighted by Crippen LogP contribution is 2.23. The fraction of sp³-hybridized carbons (Fsp3) is 0.0455. The smallest absolute Gasteiger partial charge is 0.256 e. The van der Waals surface area contributed by atoms with E-state index < -0.39 is 0 Å². The Labute approximate surface area is 175 Å². The Morgan fingerprint density at radius 3 is 2.48 bits per heavy atom. The topological polar surface area (TPSA) is 86.9 Å². The van der Waals surface area contributed by atoms with E-state index in [1.807, 2.05) is 36.4 Å². The first kappa shape index (κ1) is 18.9. The van der Waals surface area contributed by atoms with Gasteiger partial charge < -0.3 is 10.6 Å². The molecule has 6 nitrogen and oxygen atoms in total. The molecule has 4 aromatic rings. The molecule has 3 aromatic carbocycles. The van der Waals surface area contributed by atoms with Gasteiger partial charge in [0.2, 0.25) is 0 Å². The number of amides is 2. The molecular formula is C22H17BrN4O2. The molecule has 1 heterocycles. The Morgan fingerprint density at radius 2 is 1.69 bits per heavy atom. The number of fused-ring (bicyclic) bond motifs is 1. The molecule has 144 valence electrons. The van der Waals surface area contributed by atoms with Crippen LogP contribution < -0.4 is 10.6 Å². The first-order valence-corrected chi connectivity index (χ1v) is 9.76. The van der Waals surface area contributed by atoms with Gasteiger partial charge in [0.25, 0.3) is 11.8 Å². The van der Waals surface area contributed by atoms with E-state index >= 15 is 0 Å². The summed E-state index contributed by atoms with van der Waals surface area (Å²) in [5, 5.41) is 13.4. The summed E-state index contributed by atoms with van der Waals surface area (Å²) in [7, 11) is 0. The van der Waals surface area contributed by atoms with Crippen LogP contribution in [0.15, 0.2) is 77.3 Å². The van der Waals surface area contributed by atoms with Gasteiger partial charge in [-0.3, -0.25) is 14.7 Å². The van der Waals surface area contributed by atoms with E-state index in [1.54, 1.807) is 36.4 Å². The second kappa shape index (κ2) is 8.28. The summed E-state index contributed by atoms with van der Waals surface area (Å²) in [6.07, 6.45) is 0. The summed E-state index contributed by atoms with van der Waals surface area (Å²) >= 11 is 3.36. The molecular weight excluding hydrogens is 432 g/mol. The van der Waals surface area contributed by atoms with Crippen LogP contribution in [-0.2, 0) is 6.54 Å². The van der Waals surface area contributed by atoms with E-state index in [9.17, 15) is 9.59 Å². The van der Waals surface area contributed by atoms with Crippen molar-refractivity contribution in [2.24, 2.45) is 0 Å². The van der Waals surface area contributed by atoms with Crippen LogP contribution in [0.1, 0.15) is 26.3 Å². The molecule has 0 bridgehead atoms. The van der Waals surface area contributed by atoms with E-state index in [-0.39, 0.29) is 11.8 Å². The summed E-state index contributed by atoms with van der Waals surface area (Å²) < 4.78 is 0.814. The highest BCUT2D eigenvalue weighted by Gasteiger charge is 2.14. The van der Waals surface area contributed by atoms with Gasteiger partial charge in [-0.05, 0) is 42.0 Å². The van der Waals surface area contributed by atoms with Gasteiger partial charge in [-0.1, -0.05) is 52.3 Å². The molecule has 0 atom stereocenters. The minimum absolute atomic E-state index is 0.193. The van der Waals surface area contributed by atoms with Gasteiger partial charge >= 0.3 is 0 Å². The zero-order valence-electron chi connectivity index (χ0n) is 15.3. The maximum atomic E-state index is 12.5. The Balaban J connectivity index is 1.53. The molecule has 3 N–H and O–H groups in total. The molecule has 0 spiro atoms. The number of hydrogen-bond donors (Lipinski definition) is 3. The van der Waals surface area contributed by atoms with Gasteiger partial charge in [0.05, 0.1) is 5.52 Å². The fourth-order valence-electron chi connectivity index (χ4n) is 2.94. The molecule has 2 amide bonds. The molecule has 7 heteroatoms. The number of carbonyl (C=O) groups is 2. The number of rotatable bonds is 5. The number of anilines is 1. The largest absolute Gasteiger partial charge is 0.348 e. The lowest BCUT2D eigenvalue weighted by Gasteiger charge is -2.06. The number of halogens is 1. The van der Waals surface area contributed by atoms with Crippen molar-refractivity contribution < 1.29 is 9.59 Å². The first-order chi connectivity index (χ1) is 14.1. The van der Waals surface area contributed by atoms with Crippen molar-refractivity contribution in [2.75, 3.05) is 5.32 Å². The minimum Gasteiger partial charge on any atom is -0.348 e. The number of aromatic amines is 1. The van der Waals surface area contributed by atoms with E-state index in [1.165, 1.54) is 0 Å². The Kier molecular flexibility index (Phi) is 5.39. The predicted molar refractivity (Wildman–Crippen MR) is 116 cm³/mol. The predicted octanol–water partition coefficient (Wildman–Crippen LogP) is 4.51. The van der Waals surface area contributed by atoms with Crippen LogP contribution in [0.3, 0.4) is 0 Å². The molecule has 0 aliphatic heterocycles. The number of nitrogens with zero attached hydrogens (tertiary/aromatic N) is 1. The van der Waals surface area contributed by atoms with Crippen LogP contribution in [0.5, 0.6) is 0 Å². The van der Waals surface area contributed by atoms with Gasteiger partial charge in [0, 0.05) is 27.5 Å². The Hall–Kier alpha value is -3.45. The summed E-state index contributed by atoms with van der Waals surface area (Å²) in [5.74, 6) is -0.0949. The third kappa shape index (κ3) is 4.35. The lowest BCUT2D eigenvalue weighted by Crippen LogP contribution is -2.22. The maximum Gasteiger partial charge on any atom is 0.256 e. The molecule has 0 saturated heterocycles. The molecule has 0 unspecified atom stereocenters. The average Bonchev–Trinajstić information content (AvgIpc) is 3.14. The van der Waals surface area contributed by atoms with Crippen molar-refractivity contribution in [2.45, 2.75) is 6.54 Å². The third-order valence-electron chi connectivity index (χ3n) is 4.44. The SMILES string of the molecule is O=C(NCc1ccccc1)c1ccc2[nH]nc(NC(=O)c3cccc(Br)c3)c2c1.